The van der Waals surface area contributed by atoms with E-state index in [1.54, 1.807) is 12.3 Å². The highest BCUT2D eigenvalue weighted by atomic mass is 16.1. The molecule has 0 bridgehead atoms. The maximum Gasteiger partial charge on any atom is 0.274 e. The molecule has 6 heteroatoms. The second-order valence-corrected chi connectivity index (χ2v) is 7.00. The zero-order chi connectivity index (χ0) is 20.4. The van der Waals surface area contributed by atoms with Crippen molar-refractivity contribution >= 4 is 34.1 Å². The van der Waals surface area contributed by atoms with Gasteiger partial charge in [0.05, 0.1) is 11.2 Å². The fraction of sp³-hybridized carbons (Fsp3) is 0.130. The summed E-state index contributed by atoms with van der Waals surface area (Å²) in [4.78, 5) is 26.1. The van der Waals surface area contributed by atoms with Crippen molar-refractivity contribution in [2.24, 2.45) is 0 Å². The lowest BCUT2D eigenvalue weighted by Gasteiger charge is -2.11. The van der Waals surface area contributed by atoms with Crippen molar-refractivity contribution in [3.63, 3.8) is 0 Å². The van der Waals surface area contributed by atoms with Gasteiger partial charge >= 0.3 is 0 Å². The van der Waals surface area contributed by atoms with Gasteiger partial charge in [0.1, 0.15) is 5.69 Å². The molecule has 0 unspecified atom stereocenters. The summed E-state index contributed by atoms with van der Waals surface area (Å²) in [7, 11) is 0. The molecule has 0 aliphatic rings. The molecule has 0 fully saturated rings. The molecule has 144 valence electrons. The van der Waals surface area contributed by atoms with Gasteiger partial charge in [-0.2, -0.15) is 0 Å². The molecule has 2 aromatic carbocycles. The number of hydrogen-bond acceptors (Lipinski definition) is 5. The summed E-state index contributed by atoms with van der Waals surface area (Å²) >= 11 is 0. The number of para-hydroxylation sites is 1. The first kappa shape index (κ1) is 18.6. The molecule has 2 N–H and O–H groups in total. The summed E-state index contributed by atoms with van der Waals surface area (Å²) in [6.45, 7) is 5.79. The number of fused-ring (bicyclic) bond motifs is 1. The van der Waals surface area contributed by atoms with Gasteiger partial charge in [0.15, 0.2) is 0 Å². The zero-order valence-corrected chi connectivity index (χ0v) is 16.5. The van der Waals surface area contributed by atoms with Crippen molar-refractivity contribution in [3.05, 3.63) is 83.3 Å². The molecule has 4 aromatic rings. The summed E-state index contributed by atoms with van der Waals surface area (Å²) in [5.74, 6) is 0.0811. The molecule has 0 saturated carbocycles. The fourth-order valence-electron chi connectivity index (χ4n) is 3.12. The average Bonchev–Trinajstić information content (AvgIpc) is 2.70. The molecule has 2 heterocycles. The second-order valence-electron chi connectivity index (χ2n) is 7.00. The number of aromatic nitrogens is 3. The van der Waals surface area contributed by atoms with Gasteiger partial charge in [-0.1, -0.05) is 30.3 Å². The Morgan fingerprint density at radius 2 is 1.72 bits per heavy atom. The van der Waals surface area contributed by atoms with Gasteiger partial charge in [0.2, 0.25) is 5.95 Å². The molecule has 0 atom stereocenters. The third-order valence-corrected chi connectivity index (χ3v) is 4.61. The fourth-order valence-corrected chi connectivity index (χ4v) is 3.12. The Morgan fingerprint density at radius 3 is 2.59 bits per heavy atom. The Labute approximate surface area is 169 Å². The third-order valence-electron chi connectivity index (χ3n) is 4.61. The highest BCUT2D eigenvalue weighted by Gasteiger charge is 2.13. The maximum atomic E-state index is 12.8. The molecule has 0 aliphatic carbocycles. The number of nitrogens with one attached hydrogen (secondary N) is 2. The van der Waals surface area contributed by atoms with Gasteiger partial charge < -0.3 is 10.6 Å². The van der Waals surface area contributed by atoms with Crippen LogP contribution in [-0.2, 0) is 0 Å². The van der Waals surface area contributed by atoms with Gasteiger partial charge in [-0.3, -0.25) is 9.78 Å². The minimum Gasteiger partial charge on any atom is -0.322 e. The number of carbonyl (C=O) groups excluding carboxylic acids is 1. The summed E-state index contributed by atoms with van der Waals surface area (Å²) in [6.07, 6.45) is 1.74. The normalized spacial score (nSPS) is 10.7. The summed E-state index contributed by atoms with van der Waals surface area (Å²) in [6, 6.07) is 17.4. The van der Waals surface area contributed by atoms with Crippen LogP contribution in [0.3, 0.4) is 0 Å². The molecular weight excluding hydrogens is 362 g/mol. The Morgan fingerprint density at radius 1 is 0.897 bits per heavy atom. The molecule has 0 saturated heterocycles. The van der Waals surface area contributed by atoms with E-state index in [1.165, 1.54) is 0 Å². The Kier molecular flexibility index (Phi) is 4.91. The van der Waals surface area contributed by atoms with Crippen molar-refractivity contribution < 1.29 is 4.79 Å². The number of aryl methyl sites for hydroxylation is 3. The average molecular weight is 383 g/mol. The maximum absolute atomic E-state index is 12.8. The van der Waals surface area contributed by atoms with E-state index >= 15 is 0 Å². The largest absolute Gasteiger partial charge is 0.322 e. The standard InChI is InChI=1S/C23H21N5O/c1-14-9-10-15(2)19(12-14)26-22(29)20-13-16(3)25-23(28-20)27-18-8-4-6-17-7-5-11-24-21(17)18/h4-13H,1-3H3,(H,26,29)(H,25,27,28). The van der Waals surface area contributed by atoms with Crippen LogP contribution in [0.25, 0.3) is 10.9 Å². The minimum absolute atomic E-state index is 0.275. The number of carbonyl (C=O) groups is 1. The van der Waals surface area contributed by atoms with E-state index in [4.69, 9.17) is 0 Å². The van der Waals surface area contributed by atoms with Crippen LogP contribution in [0.4, 0.5) is 17.3 Å². The van der Waals surface area contributed by atoms with Gasteiger partial charge in [0.25, 0.3) is 5.91 Å². The highest BCUT2D eigenvalue weighted by molar-refractivity contribution is 6.03. The smallest absolute Gasteiger partial charge is 0.274 e. The van der Waals surface area contributed by atoms with E-state index in [-0.39, 0.29) is 5.91 Å². The molecule has 0 aliphatic heterocycles. The summed E-state index contributed by atoms with van der Waals surface area (Å²) < 4.78 is 0. The number of amides is 1. The van der Waals surface area contributed by atoms with Crippen molar-refractivity contribution in [1.29, 1.82) is 0 Å². The molecule has 0 radical (unpaired) electrons. The van der Waals surface area contributed by atoms with Crippen LogP contribution in [0, 0.1) is 20.8 Å². The van der Waals surface area contributed by atoms with E-state index in [0.717, 1.165) is 33.4 Å². The van der Waals surface area contributed by atoms with E-state index in [2.05, 4.69) is 25.6 Å². The lowest BCUT2D eigenvalue weighted by Crippen LogP contribution is -2.16. The molecule has 1 amide bonds. The minimum atomic E-state index is -0.275. The van der Waals surface area contributed by atoms with Crippen LogP contribution in [0.2, 0.25) is 0 Å². The van der Waals surface area contributed by atoms with Gasteiger partial charge in [0, 0.05) is 23.0 Å². The Balaban J connectivity index is 1.63. The van der Waals surface area contributed by atoms with Gasteiger partial charge in [-0.25, -0.2) is 9.97 Å². The van der Waals surface area contributed by atoms with Crippen molar-refractivity contribution in [2.75, 3.05) is 10.6 Å². The van der Waals surface area contributed by atoms with Crippen LogP contribution < -0.4 is 10.6 Å². The molecule has 4 rings (SSSR count). The summed E-state index contributed by atoms with van der Waals surface area (Å²) in [5, 5.41) is 7.16. The van der Waals surface area contributed by atoms with E-state index < -0.39 is 0 Å². The first-order valence-corrected chi connectivity index (χ1v) is 9.35. The van der Waals surface area contributed by atoms with Crippen LogP contribution >= 0.6 is 0 Å². The molecular formula is C23H21N5O. The number of rotatable bonds is 4. The third kappa shape index (κ3) is 4.06. The number of nitrogens with zero attached hydrogens (tertiary/aromatic N) is 3. The topological polar surface area (TPSA) is 79.8 Å². The van der Waals surface area contributed by atoms with E-state index in [0.29, 0.717) is 17.3 Å². The van der Waals surface area contributed by atoms with Crippen LogP contribution in [-0.4, -0.2) is 20.9 Å². The number of benzene rings is 2. The van der Waals surface area contributed by atoms with E-state index in [1.807, 2.05) is 69.3 Å². The lowest BCUT2D eigenvalue weighted by molar-refractivity contribution is 0.102. The zero-order valence-electron chi connectivity index (χ0n) is 16.5. The Hall–Kier alpha value is -3.80. The van der Waals surface area contributed by atoms with Gasteiger partial charge in [-0.05, 0) is 56.2 Å². The van der Waals surface area contributed by atoms with Crippen LogP contribution in [0.15, 0.2) is 60.8 Å². The predicted molar refractivity (Wildman–Crippen MR) is 116 cm³/mol. The number of hydrogen-bond donors (Lipinski definition) is 2. The van der Waals surface area contributed by atoms with Gasteiger partial charge in [-0.15, -0.1) is 0 Å². The quantitative estimate of drug-likeness (QED) is 0.521. The second kappa shape index (κ2) is 7.67. The van der Waals surface area contributed by atoms with Crippen molar-refractivity contribution in [2.45, 2.75) is 20.8 Å². The number of pyridine rings is 1. The molecule has 6 nitrogen and oxygen atoms in total. The van der Waals surface area contributed by atoms with E-state index in [9.17, 15) is 4.79 Å². The Bertz CT molecular complexity index is 1210. The van der Waals surface area contributed by atoms with Crippen molar-refractivity contribution in [1.82, 2.24) is 15.0 Å². The lowest BCUT2D eigenvalue weighted by atomic mass is 10.1. The first-order valence-electron chi connectivity index (χ1n) is 9.35. The predicted octanol–water partition coefficient (Wildman–Crippen LogP) is 4.95. The highest BCUT2D eigenvalue weighted by Crippen LogP contribution is 2.23. The summed E-state index contributed by atoms with van der Waals surface area (Å²) in [5.41, 5.74) is 5.46. The molecule has 29 heavy (non-hydrogen) atoms. The molecule has 2 aromatic heterocycles. The van der Waals surface area contributed by atoms with Crippen molar-refractivity contribution in [3.8, 4) is 0 Å². The molecule has 0 spiro atoms. The first-order chi connectivity index (χ1) is 14.0. The van der Waals surface area contributed by atoms with Crippen LogP contribution in [0.1, 0.15) is 27.3 Å². The number of anilines is 3. The SMILES string of the molecule is Cc1ccc(C)c(NC(=O)c2cc(C)nc(Nc3cccc4cccnc34)n2)c1. The van der Waals surface area contributed by atoms with Crippen LogP contribution in [0.5, 0.6) is 0 Å². The monoisotopic (exact) mass is 383 g/mol.